The largest absolute Gasteiger partial charge is 0.493 e. The van der Waals surface area contributed by atoms with E-state index in [1.54, 1.807) is 33.5 Å². The molecule has 1 saturated heterocycles. The number of nitrogens with zero attached hydrogens (tertiary/aromatic N) is 2. The van der Waals surface area contributed by atoms with Gasteiger partial charge in [0.1, 0.15) is 11.8 Å². The van der Waals surface area contributed by atoms with E-state index in [9.17, 15) is 5.26 Å². The third-order valence-corrected chi connectivity index (χ3v) is 4.14. The van der Waals surface area contributed by atoms with Crippen LogP contribution in [0, 0.1) is 11.3 Å². The standard InChI is InChI=1S/C17H20N2O5/c1-20-14-9-13-12(15(21-2)16(14)22-3)8-11(10-18)17(24-13)19-4-6-23-7-5-19/h8-9,17H,4-7H2,1-3H3. The summed E-state index contributed by atoms with van der Waals surface area (Å²) in [6.07, 6.45) is 1.36. The monoisotopic (exact) mass is 332 g/mol. The first-order chi connectivity index (χ1) is 11.7. The fourth-order valence-corrected chi connectivity index (χ4v) is 2.97. The van der Waals surface area contributed by atoms with E-state index in [1.807, 2.05) is 0 Å². The van der Waals surface area contributed by atoms with Gasteiger partial charge in [-0.2, -0.15) is 5.26 Å². The second kappa shape index (κ2) is 6.99. The summed E-state index contributed by atoms with van der Waals surface area (Å²) < 4.78 is 27.7. The van der Waals surface area contributed by atoms with E-state index in [4.69, 9.17) is 23.7 Å². The second-order valence-electron chi connectivity index (χ2n) is 5.39. The average Bonchev–Trinajstić information content (AvgIpc) is 2.65. The molecule has 7 nitrogen and oxygen atoms in total. The smallest absolute Gasteiger partial charge is 0.204 e. The Balaban J connectivity index is 2.07. The number of benzene rings is 1. The van der Waals surface area contributed by atoms with Gasteiger partial charge in [0.15, 0.2) is 17.7 Å². The lowest BCUT2D eigenvalue weighted by atomic mass is 10.0. The van der Waals surface area contributed by atoms with Crippen molar-refractivity contribution in [3.05, 3.63) is 17.2 Å². The topological polar surface area (TPSA) is 73.2 Å². The Bertz CT molecular complexity index is 689. The second-order valence-corrected chi connectivity index (χ2v) is 5.39. The zero-order valence-electron chi connectivity index (χ0n) is 14.0. The van der Waals surface area contributed by atoms with Crippen LogP contribution in [0.2, 0.25) is 0 Å². The lowest BCUT2D eigenvalue weighted by molar-refractivity contribution is -0.0291. The first-order valence-electron chi connectivity index (χ1n) is 7.66. The molecule has 1 unspecified atom stereocenters. The molecule has 0 N–H and O–H groups in total. The molecule has 0 spiro atoms. The fourth-order valence-electron chi connectivity index (χ4n) is 2.97. The molecule has 1 aromatic carbocycles. The summed E-state index contributed by atoms with van der Waals surface area (Å²) in [7, 11) is 4.65. The number of hydrogen-bond acceptors (Lipinski definition) is 7. The predicted octanol–water partition coefficient (Wildman–Crippen LogP) is 1.67. The lowest BCUT2D eigenvalue weighted by Gasteiger charge is -2.36. The van der Waals surface area contributed by atoms with Crippen molar-refractivity contribution in [2.75, 3.05) is 47.6 Å². The zero-order valence-corrected chi connectivity index (χ0v) is 14.0. The molecule has 128 valence electrons. The molecule has 2 heterocycles. The Morgan fingerprint density at radius 3 is 2.42 bits per heavy atom. The Morgan fingerprint density at radius 2 is 1.83 bits per heavy atom. The van der Waals surface area contributed by atoms with Crippen molar-refractivity contribution in [2.24, 2.45) is 0 Å². The summed E-state index contributed by atoms with van der Waals surface area (Å²) in [4.78, 5) is 2.09. The molecular weight excluding hydrogens is 312 g/mol. The molecule has 0 saturated carbocycles. The van der Waals surface area contributed by atoms with Crippen LogP contribution in [0.15, 0.2) is 11.6 Å². The van der Waals surface area contributed by atoms with Gasteiger partial charge in [0.05, 0.1) is 45.7 Å². The molecular formula is C17H20N2O5. The molecule has 1 atom stereocenters. The first-order valence-corrected chi connectivity index (χ1v) is 7.66. The van der Waals surface area contributed by atoms with Crippen LogP contribution in [0.25, 0.3) is 6.08 Å². The van der Waals surface area contributed by atoms with E-state index < -0.39 is 6.23 Å². The summed E-state index contributed by atoms with van der Waals surface area (Å²) in [6, 6.07) is 3.99. The van der Waals surface area contributed by atoms with Crippen molar-refractivity contribution in [3.63, 3.8) is 0 Å². The Morgan fingerprint density at radius 1 is 1.12 bits per heavy atom. The lowest BCUT2D eigenvalue weighted by Crippen LogP contribution is -2.47. The summed E-state index contributed by atoms with van der Waals surface area (Å²) in [5.41, 5.74) is 1.20. The average molecular weight is 332 g/mol. The molecule has 1 fully saturated rings. The minimum absolute atomic E-state index is 0.436. The molecule has 2 aliphatic rings. The molecule has 2 aliphatic heterocycles. The van der Waals surface area contributed by atoms with Gasteiger partial charge in [-0.1, -0.05) is 0 Å². The molecule has 7 heteroatoms. The number of ether oxygens (including phenoxy) is 5. The van der Waals surface area contributed by atoms with Crippen LogP contribution >= 0.6 is 0 Å². The number of nitriles is 1. The highest BCUT2D eigenvalue weighted by Gasteiger charge is 2.33. The molecule has 0 amide bonds. The van der Waals surface area contributed by atoms with Crippen LogP contribution in [-0.2, 0) is 4.74 Å². The van der Waals surface area contributed by atoms with Crippen LogP contribution in [0.1, 0.15) is 5.56 Å². The molecule has 0 aliphatic carbocycles. The van der Waals surface area contributed by atoms with Gasteiger partial charge in [0, 0.05) is 19.2 Å². The van der Waals surface area contributed by atoms with Gasteiger partial charge < -0.3 is 23.7 Å². The first kappa shape index (κ1) is 16.4. The third-order valence-electron chi connectivity index (χ3n) is 4.14. The minimum Gasteiger partial charge on any atom is -0.493 e. The van der Waals surface area contributed by atoms with Gasteiger partial charge in [-0.3, -0.25) is 4.90 Å². The van der Waals surface area contributed by atoms with Gasteiger partial charge in [-0.05, 0) is 6.08 Å². The quantitative estimate of drug-likeness (QED) is 0.830. The summed E-state index contributed by atoms with van der Waals surface area (Å²) >= 11 is 0. The molecule has 3 rings (SSSR count). The summed E-state index contributed by atoms with van der Waals surface area (Å²) in [6.45, 7) is 2.67. The normalized spacial score (nSPS) is 20.2. The van der Waals surface area contributed by atoms with Crippen LogP contribution < -0.4 is 18.9 Å². The van der Waals surface area contributed by atoms with E-state index in [1.165, 1.54) is 0 Å². The van der Waals surface area contributed by atoms with Gasteiger partial charge in [0.25, 0.3) is 0 Å². The van der Waals surface area contributed by atoms with Crippen molar-refractivity contribution in [1.29, 1.82) is 5.26 Å². The Labute approximate surface area is 140 Å². The van der Waals surface area contributed by atoms with Gasteiger partial charge >= 0.3 is 0 Å². The Hall–Kier alpha value is -2.43. The van der Waals surface area contributed by atoms with E-state index in [0.29, 0.717) is 60.4 Å². The van der Waals surface area contributed by atoms with Gasteiger partial charge in [0.2, 0.25) is 5.75 Å². The maximum Gasteiger partial charge on any atom is 0.204 e. The van der Waals surface area contributed by atoms with Crippen LogP contribution in [0.5, 0.6) is 23.0 Å². The van der Waals surface area contributed by atoms with Crippen molar-refractivity contribution >= 4 is 6.08 Å². The maximum absolute atomic E-state index is 9.56. The molecule has 1 aromatic rings. The summed E-state index contributed by atoms with van der Waals surface area (Å²) in [5, 5.41) is 9.56. The van der Waals surface area contributed by atoms with Gasteiger partial charge in [-0.15, -0.1) is 0 Å². The van der Waals surface area contributed by atoms with E-state index in [0.717, 1.165) is 0 Å². The highest BCUT2D eigenvalue weighted by Crippen LogP contribution is 2.48. The van der Waals surface area contributed by atoms with Crippen molar-refractivity contribution in [2.45, 2.75) is 6.23 Å². The van der Waals surface area contributed by atoms with Crippen LogP contribution in [0.3, 0.4) is 0 Å². The van der Waals surface area contributed by atoms with Crippen LogP contribution in [-0.4, -0.2) is 58.8 Å². The number of fused-ring (bicyclic) bond motifs is 1. The van der Waals surface area contributed by atoms with Crippen LogP contribution in [0.4, 0.5) is 0 Å². The third kappa shape index (κ3) is 2.75. The zero-order chi connectivity index (χ0) is 17.1. The number of methoxy groups -OCH3 is 3. The van der Waals surface area contributed by atoms with Crippen molar-refractivity contribution in [3.8, 4) is 29.1 Å². The predicted molar refractivity (Wildman–Crippen MR) is 86.5 cm³/mol. The highest BCUT2D eigenvalue weighted by atomic mass is 16.5. The molecule has 0 bridgehead atoms. The number of rotatable bonds is 4. The number of morpholine rings is 1. The summed E-state index contributed by atoms with van der Waals surface area (Å²) in [5.74, 6) is 2.07. The Kier molecular flexibility index (Phi) is 4.79. The molecule has 0 aromatic heterocycles. The van der Waals surface area contributed by atoms with E-state index in [2.05, 4.69) is 11.0 Å². The van der Waals surface area contributed by atoms with E-state index >= 15 is 0 Å². The van der Waals surface area contributed by atoms with Gasteiger partial charge in [-0.25, -0.2) is 0 Å². The number of hydrogen-bond donors (Lipinski definition) is 0. The van der Waals surface area contributed by atoms with Crippen molar-refractivity contribution < 1.29 is 23.7 Å². The molecule has 24 heavy (non-hydrogen) atoms. The SMILES string of the molecule is COc1cc2c(c(OC)c1OC)C=C(C#N)C(N1CCOCC1)O2. The highest BCUT2D eigenvalue weighted by molar-refractivity contribution is 5.76. The molecule has 0 radical (unpaired) electrons. The fraction of sp³-hybridized carbons (Fsp3) is 0.471. The van der Waals surface area contributed by atoms with E-state index in [-0.39, 0.29) is 0 Å². The minimum atomic E-state index is -0.436. The van der Waals surface area contributed by atoms with Crippen molar-refractivity contribution in [1.82, 2.24) is 4.90 Å². The maximum atomic E-state index is 9.56.